The molecule has 0 spiro atoms. The molecular formula is C11H12N2O3. The van der Waals surface area contributed by atoms with Crippen molar-refractivity contribution in [2.75, 3.05) is 11.9 Å². The van der Waals surface area contributed by atoms with Gasteiger partial charge in [-0.1, -0.05) is 18.2 Å². The molecule has 0 aliphatic carbocycles. The number of rotatable bonds is 2. The van der Waals surface area contributed by atoms with Crippen LogP contribution >= 0.6 is 0 Å². The zero-order valence-electron chi connectivity index (χ0n) is 8.80. The van der Waals surface area contributed by atoms with E-state index >= 15 is 0 Å². The van der Waals surface area contributed by atoms with Crippen molar-refractivity contribution in [3.63, 3.8) is 0 Å². The topological polar surface area (TPSA) is 83.6 Å². The van der Waals surface area contributed by atoms with E-state index in [1.54, 1.807) is 31.3 Å². The molecule has 5 heteroatoms. The first-order valence-corrected chi connectivity index (χ1v) is 4.85. The van der Waals surface area contributed by atoms with Crippen LogP contribution in [-0.2, 0) is 15.1 Å². The van der Waals surface area contributed by atoms with Gasteiger partial charge >= 0.3 is 5.97 Å². The van der Waals surface area contributed by atoms with Gasteiger partial charge in [0.1, 0.15) is 5.54 Å². The average molecular weight is 220 g/mol. The lowest BCUT2D eigenvalue weighted by molar-refractivity contribution is -0.141. The highest BCUT2D eigenvalue weighted by Crippen LogP contribution is 2.39. The molecule has 0 saturated heterocycles. The zero-order valence-corrected chi connectivity index (χ0v) is 8.80. The van der Waals surface area contributed by atoms with Crippen molar-refractivity contribution >= 4 is 17.6 Å². The number of fused-ring (bicyclic) bond motifs is 1. The quantitative estimate of drug-likeness (QED) is 0.750. The number of likely N-dealkylation sites (N-methyl/N-ethyl adjacent to an activating group) is 1. The van der Waals surface area contributed by atoms with Crippen molar-refractivity contribution in [1.29, 1.82) is 0 Å². The van der Waals surface area contributed by atoms with Gasteiger partial charge in [-0.15, -0.1) is 0 Å². The molecule has 1 unspecified atom stereocenters. The number of nitrogens with two attached hydrogens (primary N) is 1. The van der Waals surface area contributed by atoms with E-state index in [-0.39, 0.29) is 5.91 Å². The van der Waals surface area contributed by atoms with Crippen LogP contribution < -0.4 is 10.6 Å². The normalized spacial score (nSPS) is 23.4. The number of aliphatic carboxylic acids is 1. The highest BCUT2D eigenvalue weighted by atomic mass is 16.4. The molecule has 1 heterocycles. The van der Waals surface area contributed by atoms with Crippen molar-refractivity contribution in [3.05, 3.63) is 29.8 Å². The maximum absolute atomic E-state index is 12.0. The molecule has 1 amide bonds. The lowest BCUT2D eigenvalue weighted by Crippen LogP contribution is -2.47. The number of benzene rings is 1. The smallest absolute Gasteiger partial charge is 0.306 e. The summed E-state index contributed by atoms with van der Waals surface area (Å²) in [6, 6.07) is 6.98. The standard InChI is InChI=1S/C11H12N2O3/c1-13-8-5-3-2-4-7(8)11(12,10(13)16)6-9(14)15/h2-5H,6,12H2,1H3,(H,14,15). The van der Waals surface area contributed by atoms with Gasteiger partial charge in [0, 0.05) is 18.3 Å². The van der Waals surface area contributed by atoms with Crippen LogP contribution in [0.1, 0.15) is 12.0 Å². The van der Waals surface area contributed by atoms with Crippen LogP contribution in [-0.4, -0.2) is 24.0 Å². The lowest BCUT2D eigenvalue weighted by Gasteiger charge is -2.20. The molecule has 0 saturated carbocycles. The van der Waals surface area contributed by atoms with Crippen LogP contribution in [0.4, 0.5) is 5.69 Å². The number of carbonyl (C=O) groups excluding carboxylic acids is 1. The zero-order chi connectivity index (χ0) is 11.9. The summed E-state index contributed by atoms with van der Waals surface area (Å²) in [5.74, 6) is -1.46. The van der Waals surface area contributed by atoms with Gasteiger partial charge in [-0.2, -0.15) is 0 Å². The molecule has 2 rings (SSSR count). The second kappa shape index (κ2) is 3.31. The van der Waals surface area contributed by atoms with Crippen LogP contribution in [0.25, 0.3) is 0 Å². The van der Waals surface area contributed by atoms with Crippen LogP contribution in [0.2, 0.25) is 0 Å². The number of nitrogens with zero attached hydrogens (tertiary/aromatic N) is 1. The Labute approximate surface area is 92.5 Å². The SMILES string of the molecule is CN1C(=O)C(N)(CC(=O)O)c2ccccc21. The number of hydrogen-bond acceptors (Lipinski definition) is 3. The number of anilines is 1. The third kappa shape index (κ3) is 1.29. The summed E-state index contributed by atoms with van der Waals surface area (Å²) in [4.78, 5) is 24.1. The van der Waals surface area contributed by atoms with Crippen LogP contribution in [0.3, 0.4) is 0 Å². The molecule has 16 heavy (non-hydrogen) atoms. The van der Waals surface area contributed by atoms with Crippen molar-refractivity contribution in [2.45, 2.75) is 12.0 Å². The minimum absolute atomic E-state index is 0.379. The fraction of sp³-hybridized carbons (Fsp3) is 0.273. The first kappa shape index (κ1) is 10.6. The van der Waals surface area contributed by atoms with Crippen molar-refractivity contribution in [1.82, 2.24) is 0 Å². The molecule has 0 fully saturated rings. The van der Waals surface area contributed by atoms with Gasteiger partial charge in [-0.05, 0) is 6.07 Å². The summed E-state index contributed by atoms with van der Waals surface area (Å²) >= 11 is 0. The first-order chi connectivity index (χ1) is 7.47. The minimum atomic E-state index is -1.43. The van der Waals surface area contributed by atoms with E-state index in [0.717, 1.165) is 0 Å². The second-order valence-corrected chi connectivity index (χ2v) is 3.92. The summed E-state index contributed by atoms with van der Waals surface area (Å²) in [6.45, 7) is 0. The molecule has 5 nitrogen and oxygen atoms in total. The van der Waals surface area contributed by atoms with E-state index in [1.165, 1.54) is 4.90 Å². The Morgan fingerprint density at radius 3 is 2.75 bits per heavy atom. The van der Waals surface area contributed by atoms with Crippen molar-refractivity contribution in [3.8, 4) is 0 Å². The highest BCUT2D eigenvalue weighted by molar-refractivity contribution is 6.08. The van der Waals surface area contributed by atoms with Gasteiger partial charge in [0.2, 0.25) is 0 Å². The molecule has 1 aliphatic rings. The third-order valence-corrected chi connectivity index (χ3v) is 2.86. The molecule has 0 bridgehead atoms. The summed E-state index contributed by atoms with van der Waals surface area (Å²) in [5, 5.41) is 8.82. The second-order valence-electron chi connectivity index (χ2n) is 3.92. The van der Waals surface area contributed by atoms with E-state index in [1.807, 2.05) is 0 Å². The maximum Gasteiger partial charge on any atom is 0.306 e. The lowest BCUT2D eigenvalue weighted by atomic mass is 9.89. The predicted octanol–water partition coefficient (Wildman–Crippen LogP) is 0.292. The molecule has 0 radical (unpaired) electrons. The first-order valence-electron chi connectivity index (χ1n) is 4.85. The number of carboxylic acids is 1. The molecule has 1 aromatic carbocycles. The van der Waals surface area contributed by atoms with Crippen molar-refractivity contribution < 1.29 is 14.7 Å². The van der Waals surface area contributed by atoms with E-state index < -0.39 is 17.9 Å². The summed E-state index contributed by atoms with van der Waals surface area (Å²) < 4.78 is 0. The molecule has 84 valence electrons. The van der Waals surface area contributed by atoms with E-state index in [9.17, 15) is 9.59 Å². The molecule has 1 atom stereocenters. The third-order valence-electron chi connectivity index (χ3n) is 2.86. The molecule has 1 aromatic rings. The number of hydrogen-bond donors (Lipinski definition) is 2. The summed E-state index contributed by atoms with van der Waals surface area (Å²) in [6.07, 6.45) is -0.396. The van der Waals surface area contributed by atoms with Gasteiger partial charge in [-0.3, -0.25) is 9.59 Å². The van der Waals surface area contributed by atoms with Gasteiger partial charge in [0.25, 0.3) is 5.91 Å². The Balaban J connectivity index is 2.56. The average Bonchev–Trinajstić information content (AvgIpc) is 2.42. The number of carbonyl (C=O) groups is 2. The predicted molar refractivity (Wildman–Crippen MR) is 58.0 cm³/mol. The Morgan fingerprint density at radius 1 is 1.50 bits per heavy atom. The fourth-order valence-corrected chi connectivity index (χ4v) is 2.08. The Hall–Kier alpha value is -1.88. The maximum atomic E-state index is 12.0. The number of para-hydroxylation sites is 1. The van der Waals surface area contributed by atoms with Crippen LogP contribution in [0, 0.1) is 0 Å². The van der Waals surface area contributed by atoms with Crippen LogP contribution in [0.5, 0.6) is 0 Å². The Morgan fingerprint density at radius 2 is 2.12 bits per heavy atom. The van der Waals surface area contributed by atoms with Gasteiger partial charge < -0.3 is 15.7 Å². The summed E-state index contributed by atoms with van der Waals surface area (Å²) in [5.41, 5.74) is 5.75. The van der Waals surface area contributed by atoms with Crippen molar-refractivity contribution in [2.24, 2.45) is 5.73 Å². The molecule has 1 aliphatic heterocycles. The number of amides is 1. The Bertz CT molecular complexity index is 472. The minimum Gasteiger partial charge on any atom is -0.481 e. The monoisotopic (exact) mass is 220 g/mol. The Kier molecular flexibility index (Phi) is 2.20. The summed E-state index contributed by atoms with van der Waals surface area (Å²) in [7, 11) is 1.59. The highest BCUT2D eigenvalue weighted by Gasteiger charge is 2.47. The fourth-order valence-electron chi connectivity index (χ4n) is 2.08. The van der Waals surface area contributed by atoms with Gasteiger partial charge in [-0.25, -0.2) is 0 Å². The largest absolute Gasteiger partial charge is 0.481 e. The van der Waals surface area contributed by atoms with E-state index in [2.05, 4.69) is 0 Å². The van der Waals surface area contributed by atoms with E-state index in [4.69, 9.17) is 10.8 Å². The molecule has 0 aromatic heterocycles. The van der Waals surface area contributed by atoms with Crippen LogP contribution in [0.15, 0.2) is 24.3 Å². The molecule has 3 N–H and O–H groups in total. The van der Waals surface area contributed by atoms with E-state index in [0.29, 0.717) is 11.3 Å². The molecular weight excluding hydrogens is 208 g/mol. The van der Waals surface area contributed by atoms with Gasteiger partial charge in [0.15, 0.2) is 0 Å². The number of carboxylic acid groups (broad SMARTS) is 1. The van der Waals surface area contributed by atoms with Gasteiger partial charge in [0.05, 0.1) is 6.42 Å².